The van der Waals surface area contributed by atoms with E-state index in [1.54, 1.807) is 0 Å². The van der Waals surface area contributed by atoms with Gasteiger partial charge in [0.15, 0.2) is 11.5 Å². The summed E-state index contributed by atoms with van der Waals surface area (Å²) in [6.07, 6.45) is 1.38. The molecule has 1 aliphatic heterocycles. The Morgan fingerprint density at radius 1 is 1.35 bits per heavy atom. The molecule has 5 heteroatoms. The maximum absolute atomic E-state index is 11.7. The molecule has 1 N–H and O–H groups in total. The molecule has 3 rings (SSSR count). The Hall–Kier alpha value is -1.23. The fourth-order valence-corrected chi connectivity index (χ4v) is 3.83. The van der Waals surface area contributed by atoms with Crippen molar-refractivity contribution in [2.24, 2.45) is 0 Å². The predicted octanol–water partition coefficient (Wildman–Crippen LogP) is 3.46. The molecule has 0 unspecified atom stereocenters. The van der Waals surface area contributed by atoms with E-state index in [4.69, 9.17) is 9.47 Å². The number of benzene rings is 1. The Labute approximate surface area is 126 Å². The zero-order valence-corrected chi connectivity index (χ0v) is 13.1. The van der Waals surface area contributed by atoms with Gasteiger partial charge in [0.2, 0.25) is 0 Å². The van der Waals surface area contributed by atoms with E-state index in [1.807, 2.05) is 6.07 Å². The van der Waals surface area contributed by atoms with Gasteiger partial charge in [0, 0.05) is 0 Å². The first-order valence-corrected chi connectivity index (χ1v) is 7.62. The average molecular weight is 341 g/mol. The van der Waals surface area contributed by atoms with Gasteiger partial charge in [-0.15, -0.1) is 0 Å². The van der Waals surface area contributed by atoms with Gasteiger partial charge in [0.25, 0.3) is 0 Å². The van der Waals surface area contributed by atoms with E-state index in [0.29, 0.717) is 37.6 Å². The number of carboxylic acid groups (broad SMARTS) is 1. The lowest BCUT2D eigenvalue weighted by Crippen LogP contribution is -2.24. The zero-order valence-electron chi connectivity index (χ0n) is 11.5. The molecule has 108 valence electrons. The first-order valence-electron chi connectivity index (χ1n) is 6.83. The lowest BCUT2D eigenvalue weighted by molar-refractivity contribution is -0.140. The van der Waals surface area contributed by atoms with Crippen molar-refractivity contribution >= 4 is 21.9 Å². The van der Waals surface area contributed by atoms with Crippen molar-refractivity contribution in [1.29, 1.82) is 0 Å². The minimum Gasteiger partial charge on any atom is -0.486 e. The molecule has 2 aliphatic rings. The first kappa shape index (κ1) is 13.7. The predicted molar refractivity (Wildman–Crippen MR) is 77.8 cm³/mol. The summed E-state index contributed by atoms with van der Waals surface area (Å²) in [6.45, 7) is 5.15. The highest BCUT2D eigenvalue weighted by atomic mass is 79.9. The van der Waals surface area contributed by atoms with Gasteiger partial charge in [-0.1, -0.05) is 13.8 Å². The molecular weight excluding hydrogens is 324 g/mol. The number of fused-ring (bicyclic) bond motifs is 1. The van der Waals surface area contributed by atoms with Crippen molar-refractivity contribution in [3.63, 3.8) is 0 Å². The lowest BCUT2D eigenvalue weighted by Gasteiger charge is -2.26. The van der Waals surface area contributed by atoms with E-state index < -0.39 is 11.4 Å². The number of carboxylic acids is 1. The molecule has 0 radical (unpaired) electrons. The summed E-state index contributed by atoms with van der Waals surface area (Å²) in [7, 11) is 0. The van der Waals surface area contributed by atoms with E-state index >= 15 is 0 Å². The van der Waals surface area contributed by atoms with E-state index in [9.17, 15) is 9.90 Å². The summed E-state index contributed by atoms with van der Waals surface area (Å²) >= 11 is 3.59. The van der Waals surface area contributed by atoms with Gasteiger partial charge < -0.3 is 14.6 Å². The first-order chi connectivity index (χ1) is 9.47. The number of aliphatic carboxylic acids is 1. The SMILES string of the molecule is CC(C)c1c(C2(C(=O)O)CC2)cc2c(c1Br)OCCO2. The molecule has 0 amide bonds. The van der Waals surface area contributed by atoms with Gasteiger partial charge in [-0.25, -0.2) is 0 Å². The van der Waals surface area contributed by atoms with E-state index in [0.717, 1.165) is 15.6 Å². The van der Waals surface area contributed by atoms with Gasteiger partial charge in [0.05, 0.1) is 9.89 Å². The second-order valence-corrected chi connectivity index (χ2v) is 6.51. The van der Waals surface area contributed by atoms with Crippen LogP contribution in [-0.2, 0) is 10.2 Å². The summed E-state index contributed by atoms with van der Waals surface area (Å²) in [5, 5.41) is 9.57. The van der Waals surface area contributed by atoms with Gasteiger partial charge in [0.1, 0.15) is 13.2 Å². The Kier molecular flexibility index (Phi) is 3.20. The van der Waals surface area contributed by atoms with Crippen LogP contribution in [0.25, 0.3) is 0 Å². The van der Waals surface area contributed by atoms with Gasteiger partial charge >= 0.3 is 5.97 Å². The molecular formula is C15H17BrO4. The standard InChI is InChI=1S/C15H17BrO4/c1-8(2)11-9(15(3-4-15)14(17)18)7-10-13(12(11)16)20-6-5-19-10/h7-8H,3-6H2,1-2H3,(H,17,18). The van der Waals surface area contributed by atoms with Crippen LogP contribution in [0.1, 0.15) is 43.7 Å². The van der Waals surface area contributed by atoms with E-state index in [2.05, 4.69) is 29.8 Å². The molecule has 0 bridgehead atoms. The van der Waals surface area contributed by atoms with Crippen LogP contribution in [-0.4, -0.2) is 24.3 Å². The summed E-state index contributed by atoms with van der Waals surface area (Å²) in [5.74, 6) is 0.815. The molecule has 1 aromatic carbocycles. The van der Waals surface area contributed by atoms with Crippen LogP contribution in [0.3, 0.4) is 0 Å². The number of ether oxygens (including phenoxy) is 2. The number of hydrogen-bond donors (Lipinski definition) is 1. The van der Waals surface area contributed by atoms with Crippen molar-refractivity contribution in [3.05, 3.63) is 21.7 Å². The van der Waals surface area contributed by atoms with Crippen LogP contribution in [0.15, 0.2) is 10.5 Å². The quantitative estimate of drug-likeness (QED) is 0.915. The molecule has 1 aromatic rings. The third-order valence-electron chi connectivity index (χ3n) is 4.06. The minimum absolute atomic E-state index is 0.215. The normalized spacial score (nSPS) is 19.0. The van der Waals surface area contributed by atoms with Gasteiger partial charge in [-0.2, -0.15) is 0 Å². The van der Waals surface area contributed by atoms with Crippen LogP contribution in [0.4, 0.5) is 0 Å². The molecule has 4 nitrogen and oxygen atoms in total. The van der Waals surface area contributed by atoms with Crippen molar-refractivity contribution < 1.29 is 19.4 Å². The molecule has 1 fully saturated rings. The highest BCUT2D eigenvalue weighted by Crippen LogP contribution is 2.55. The Balaban J connectivity index is 2.23. The molecule has 1 saturated carbocycles. The Morgan fingerprint density at radius 3 is 2.55 bits per heavy atom. The molecule has 0 saturated heterocycles. The third kappa shape index (κ3) is 1.91. The fraction of sp³-hybridized carbons (Fsp3) is 0.533. The maximum Gasteiger partial charge on any atom is 0.314 e. The number of hydrogen-bond acceptors (Lipinski definition) is 3. The minimum atomic E-state index is -0.747. The molecule has 0 atom stereocenters. The Bertz CT molecular complexity index is 576. The highest BCUT2D eigenvalue weighted by Gasteiger charge is 2.53. The van der Waals surface area contributed by atoms with Gasteiger partial charge in [-0.3, -0.25) is 4.79 Å². The summed E-state index contributed by atoms with van der Waals surface area (Å²) in [6, 6.07) is 1.87. The third-order valence-corrected chi connectivity index (χ3v) is 4.85. The summed E-state index contributed by atoms with van der Waals surface area (Å²) in [5.41, 5.74) is 1.16. The second-order valence-electron chi connectivity index (χ2n) is 5.72. The largest absolute Gasteiger partial charge is 0.486 e. The van der Waals surface area contributed by atoms with Crippen LogP contribution in [0.2, 0.25) is 0 Å². The molecule has 20 heavy (non-hydrogen) atoms. The van der Waals surface area contributed by atoms with E-state index in [1.165, 1.54) is 0 Å². The van der Waals surface area contributed by atoms with Crippen molar-refractivity contribution in [3.8, 4) is 11.5 Å². The fourth-order valence-electron chi connectivity index (χ4n) is 2.84. The number of carbonyl (C=O) groups is 1. The van der Waals surface area contributed by atoms with Crippen molar-refractivity contribution in [2.75, 3.05) is 13.2 Å². The summed E-state index contributed by atoms with van der Waals surface area (Å²) in [4.78, 5) is 11.7. The van der Waals surface area contributed by atoms with Crippen LogP contribution in [0.5, 0.6) is 11.5 Å². The molecule has 0 spiro atoms. The van der Waals surface area contributed by atoms with Crippen molar-refractivity contribution in [1.82, 2.24) is 0 Å². The lowest BCUT2D eigenvalue weighted by atomic mass is 9.86. The topological polar surface area (TPSA) is 55.8 Å². The number of rotatable bonds is 3. The molecule has 1 aliphatic carbocycles. The van der Waals surface area contributed by atoms with Gasteiger partial charge in [-0.05, 0) is 51.9 Å². The zero-order chi connectivity index (χ0) is 14.5. The summed E-state index contributed by atoms with van der Waals surface area (Å²) < 4.78 is 12.1. The highest BCUT2D eigenvalue weighted by molar-refractivity contribution is 9.10. The van der Waals surface area contributed by atoms with Crippen molar-refractivity contribution in [2.45, 2.75) is 38.0 Å². The average Bonchev–Trinajstić information content (AvgIpc) is 3.19. The molecule has 1 heterocycles. The maximum atomic E-state index is 11.7. The van der Waals surface area contributed by atoms with Crippen LogP contribution < -0.4 is 9.47 Å². The molecule has 0 aromatic heterocycles. The number of halogens is 1. The van der Waals surface area contributed by atoms with Crippen LogP contribution in [0, 0.1) is 0 Å². The van der Waals surface area contributed by atoms with Crippen LogP contribution >= 0.6 is 15.9 Å². The Morgan fingerprint density at radius 2 is 2.00 bits per heavy atom. The monoisotopic (exact) mass is 340 g/mol. The second kappa shape index (κ2) is 4.65. The van der Waals surface area contributed by atoms with E-state index in [-0.39, 0.29) is 5.92 Å². The smallest absolute Gasteiger partial charge is 0.314 e.